The number of halogens is 2. The van der Waals surface area contributed by atoms with E-state index < -0.39 is 5.82 Å². The van der Waals surface area contributed by atoms with Crippen LogP contribution in [-0.4, -0.2) is 5.11 Å². The van der Waals surface area contributed by atoms with Gasteiger partial charge < -0.3 is 5.11 Å². The fourth-order valence-corrected chi connectivity index (χ4v) is 2.75. The first-order chi connectivity index (χ1) is 7.68. The Morgan fingerprint density at radius 1 is 1.25 bits per heavy atom. The van der Waals surface area contributed by atoms with Gasteiger partial charge in [-0.3, -0.25) is 0 Å². The van der Waals surface area contributed by atoms with Gasteiger partial charge in [-0.2, -0.15) is 0 Å². The van der Waals surface area contributed by atoms with Crippen molar-refractivity contribution >= 4 is 15.9 Å². The molecule has 0 spiro atoms. The summed E-state index contributed by atoms with van der Waals surface area (Å²) in [6.45, 7) is 0. The predicted molar refractivity (Wildman–Crippen MR) is 66.0 cm³/mol. The highest BCUT2D eigenvalue weighted by Crippen LogP contribution is 2.32. The molecule has 88 valence electrons. The Morgan fingerprint density at radius 2 is 1.94 bits per heavy atom. The van der Waals surface area contributed by atoms with Gasteiger partial charge in [-0.05, 0) is 39.9 Å². The number of rotatable bonds is 2. The SMILES string of the molecule is Oc1c(Br)ccc(CC2CCCCC2)c1F. The van der Waals surface area contributed by atoms with E-state index in [2.05, 4.69) is 15.9 Å². The lowest BCUT2D eigenvalue weighted by Gasteiger charge is -2.21. The molecular weight excluding hydrogens is 271 g/mol. The number of phenolic OH excluding ortho intramolecular Hbond substituents is 1. The molecule has 0 unspecified atom stereocenters. The predicted octanol–water partition coefficient (Wildman–Crippen LogP) is 4.42. The highest BCUT2D eigenvalue weighted by Gasteiger charge is 2.18. The quantitative estimate of drug-likeness (QED) is 0.853. The molecule has 1 N–H and O–H groups in total. The van der Waals surface area contributed by atoms with E-state index in [1.807, 2.05) is 0 Å². The summed E-state index contributed by atoms with van der Waals surface area (Å²) in [6, 6.07) is 3.49. The molecule has 0 saturated heterocycles. The van der Waals surface area contributed by atoms with Gasteiger partial charge in [-0.15, -0.1) is 0 Å². The van der Waals surface area contributed by atoms with Crippen molar-refractivity contribution in [2.75, 3.05) is 0 Å². The van der Waals surface area contributed by atoms with Gasteiger partial charge in [0.2, 0.25) is 0 Å². The summed E-state index contributed by atoms with van der Waals surface area (Å²) < 4.78 is 14.2. The summed E-state index contributed by atoms with van der Waals surface area (Å²) >= 11 is 3.12. The number of hydrogen-bond donors (Lipinski definition) is 1. The standard InChI is InChI=1S/C13H16BrFO/c14-11-7-6-10(12(15)13(11)16)8-9-4-2-1-3-5-9/h6-7,9,16H,1-5,8H2. The van der Waals surface area contributed by atoms with Gasteiger partial charge in [0.15, 0.2) is 11.6 Å². The van der Waals surface area contributed by atoms with E-state index in [1.54, 1.807) is 12.1 Å². The molecule has 1 saturated carbocycles. The lowest BCUT2D eigenvalue weighted by Crippen LogP contribution is -2.10. The van der Waals surface area contributed by atoms with Gasteiger partial charge in [0.1, 0.15) is 0 Å². The van der Waals surface area contributed by atoms with E-state index in [4.69, 9.17) is 0 Å². The van der Waals surface area contributed by atoms with Gasteiger partial charge in [-0.25, -0.2) is 4.39 Å². The van der Waals surface area contributed by atoms with Gasteiger partial charge in [0.25, 0.3) is 0 Å². The van der Waals surface area contributed by atoms with Crippen LogP contribution in [0.2, 0.25) is 0 Å². The maximum absolute atomic E-state index is 13.7. The van der Waals surface area contributed by atoms with Crippen LogP contribution in [0, 0.1) is 11.7 Å². The highest BCUT2D eigenvalue weighted by atomic mass is 79.9. The Kier molecular flexibility index (Phi) is 3.85. The second-order valence-corrected chi connectivity index (χ2v) is 5.43. The van der Waals surface area contributed by atoms with E-state index in [1.165, 1.54) is 32.1 Å². The van der Waals surface area contributed by atoms with Crippen molar-refractivity contribution in [2.45, 2.75) is 38.5 Å². The fraction of sp³-hybridized carbons (Fsp3) is 0.538. The van der Waals surface area contributed by atoms with Crippen LogP contribution in [0.4, 0.5) is 4.39 Å². The number of aromatic hydroxyl groups is 1. The monoisotopic (exact) mass is 286 g/mol. The van der Waals surface area contributed by atoms with E-state index >= 15 is 0 Å². The maximum Gasteiger partial charge on any atom is 0.169 e. The largest absolute Gasteiger partial charge is 0.504 e. The van der Waals surface area contributed by atoms with Gasteiger partial charge in [-0.1, -0.05) is 38.2 Å². The molecule has 2 rings (SSSR count). The summed E-state index contributed by atoms with van der Waals surface area (Å²) in [5, 5.41) is 9.49. The number of hydrogen-bond acceptors (Lipinski definition) is 1. The first kappa shape index (κ1) is 11.9. The Morgan fingerprint density at radius 3 is 2.62 bits per heavy atom. The van der Waals surface area contributed by atoms with E-state index in [9.17, 15) is 9.50 Å². The molecule has 1 aliphatic carbocycles. The van der Waals surface area contributed by atoms with Gasteiger partial charge >= 0.3 is 0 Å². The summed E-state index contributed by atoms with van der Waals surface area (Å²) in [4.78, 5) is 0. The molecule has 0 bridgehead atoms. The first-order valence-corrected chi connectivity index (χ1v) is 6.63. The molecular formula is C13H16BrFO. The van der Waals surface area contributed by atoms with Crippen LogP contribution in [-0.2, 0) is 6.42 Å². The molecule has 1 aliphatic rings. The summed E-state index contributed by atoms with van der Waals surface area (Å²) in [7, 11) is 0. The van der Waals surface area contributed by atoms with E-state index in [-0.39, 0.29) is 5.75 Å². The van der Waals surface area contributed by atoms with E-state index in [0.717, 1.165) is 6.42 Å². The van der Waals surface area contributed by atoms with Crippen LogP contribution in [0.25, 0.3) is 0 Å². The topological polar surface area (TPSA) is 20.2 Å². The molecule has 0 atom stereocenters. The van der Waals surface area contributed by atoms with Crippen molar-refractivity contribution in [1.82, 2.24) is 0 Å². The first-order valence-electron chi connectivity index (χ1n) is 5.84. The lowest BCUT2D eigenvalue weighted by atomic mass is 9.85. The van der Waals surface area contributed by atoms with Gasteiger partial charge in [0.05, 0.1) is 4.47 Å². The third kappa shape index (κ3) is 2.57. The van der Waals surface area contributed by atoms with Crippen LogP contribution in [0.15, 0.2) is 16.6 Å². The van der Waals surface area contributed by atoms with E-state index in [0.29, 0.717) is 16.0 Å². The average molecular weight is 287 g/mol. The molecule has 1 aromatic rings. The number of phenols is 1. The van der Waals surface area contributed by atoms with Crippen molar-refractivity contribution in [2.24, 2.45) is 5.92 Å². The third-order valence-electron chi connectivity index (χ3n) is 3.38. The minimum Gasteiger partial charge on any atom is -0.504 e. The smallest absolute Gasteiger partial charge is 0.169 e. The lowest BCUT2D eigenvalue weighted by molar-refractivity contribution is 0.349. The molecule has 0 aliphatic heterocycles. The van der Waals surface area contributed by atoms with Crippen LogP contribution < -0.4 is 0 Å². The van der Waals surface area contributed by atoms with Crippen molar-refractivity contribution in [3.63, 3.8) is 0 Å². The van der Waals surface area contributed by atoms with Crippen molar-refractivity contribution in [3.8, 4) is 5.75 Å². The maximum atomic E-state index is 13.7. The zero-order valence-electron chi connectivity index (χ0n) is 9.18. The molecule has 1 nitrogen and oxygen atoms in total. The van der Waals surface area contributed by atoms with Crippen molar-refractivity contribution in [3.05, 3.63) is 28.0 Å². The minimum atomic E-state index is -0.458. The Balaban J connectivity index is 2.11. The molecule has 1 fully saturated rings. The van der Waals surface area contributed by atoms with Gasteiger partial charge in [0, 0.05) is 0 Å². The van der Waals surface area contributed by atoms with Crippen LogP contribution >= 0.6 is 15.9 Å². The third-order valence-corrected chi connectivity index (χ3v) is 4.02. The molecule has 0 heterocycles. The second kappa shape index (κ2) is 5.17. The van der Waals surface area contributed by atoms with Crippen molar-refractivity contribution < 1.29 is 9.50 Å². The molecule has 1 aromatic carbocycles. The summed E-state index contributed by atoms with van der Waals surface area (Å²) in [5.74, 6) is -0.128. The average Bonchev–Trinajstić information content (AvgIpc) is 2.31. The van der Waals surface area contributed by atoms with Crippen LogP contribution in [0.1, 0.15) is 37.7 Å². The van der Waals surface area contributed by atoms with Crippen LogP contribution in [0.3, 0.4) is 0 Å². The zero-order chi connectivity index (χ0) is 11.5. The second-order valence-electron chi connectivity index (χ2n) is 4.58. The summed E-state index contributed by atoms with van der Waals surface area (Å²) in [5.41, 5.74) is 0.646. The summed E-state index contributed by atoms with van der Waals surface area (Å²) in [6.07, 6.45) is 6.97. The molecule has 3 heteroatoms. The number of benzene rings is 1. The Labute approximate surface area is 104 Å². The zero-order valence-corrected chi connectivity index (χ0v) is 10.8. The molecule has 0 amide bonds. The Bertz CT molecular complexity index is 372. The minimum absolute atomic E-state index is 0.256. The highest BCUT2D eigenvalue weighted by molar-refractivity contribution is 9.10. The normalized spacial score (nSPS) is 17.6. The fourth-order valence-electron chi connectivity index (χ4n) is 2.44. The molecule has 16 heavy (non-hydrogen) atoms. The molecule has 0 aromatic heterocycles. The van der Waals surface area contributed by atoms with Crippen LogP contribution in [0.5, 0.6) is 5.75 Å². The Hall–Kier alpha value is -0.570. The molecule has 0 radical (unpaired) electrons. The van der Waals surface area contributed by atoms with Crippen molar-refractivity contribution in [1.29, 1.82) is 0 Å².